The molecule has 0 spiro atoms. The molecule has 178 valence electrons. The van der Waals surface area contributed by atoms with E-state index in [9.17, 15) is 9.59 Å². The minimum Gasteiger partial charge on any atom is -0.338 e. The fourth-order valence-electron chi connectivity index (χ4n) is 5.06. The number of carbonyl (C=O) groups is 2. The molecule has 2 aromatic rings. The Balaban J connectivity index is 1.44. The molecule has 0 N–H and O–H groups in total. The third-order valence-corrected chi connectivity index (χ3v) is 7.78. The van der Waals surface area contributed by atoms with E-state index in [1.165, 1.54) is 21.6 Å². The molecule has 0 saturated carbocycles. The third kappa shape index (κ3) is 5.49. The lowest BCUT2D eigenvalue weighted by Gasteiger charge is -2.42. The first-order chi connectivity index (χ1) is 15.6. The molecule has 0 radical (unpaired) electrons. The van der Waals surface area contributed by atoms with Crippen molar-refractivity contribution >= 4 is 23.2 Å². The number of hydrogen-bond acceptors (Lipinski definition) is 4. The minimum absolute atomic E-state index is 0.0243. The molecule has 2 atom stereocenters. The van der Waals surface area contributed by atoms with Gasteiger partial charge in [-0.05, 0) is 48.3 Å². The van der Waals surface area contributed by atoms with Crippen LogP contribution in [0.2, 0.25) is 0 Å². The van der Waals surface area contributed by atoms with E-state index in [4.69, 9.17) is 0 Å². The van der Waals surface area contributed by atoms with E-state index >= 15 is 0 Å². The van der Waals surface area contributed by atoms with Crippen LogP contribution in [0.3, 0.4) is 0 Å². The fraction of sp³-hybridized carbons (Fsp3) is 0.556. The number of carbonyl (C=O) groups excluding carboxylic acids is 2. The molecule has 1 fully saturated rings. The van der Waals surface area contributed by atoms with Crippen molar-refractivity contribution in [2.45, 2.75) is 59.5 Å². The van der Waals surface area contributed by atoms with Crippen molar-refractivity contribution in [3.05, 3.63) is 57.3 Å². The topological polar surface area (TPSA) is 43.9 Å². The van der Waals surface area contributed by atoms with Crippen LogP contribution in [0.25, 0.3) is 0 Å². The van der Waals surface area contributed by atoms with Crippen molar-refractivity contribution < 1.29 is 9.59 Å². The number of thiophene rings is 1. The van der Waals surface area contributed by atoms with Crippen LogP contribution in [-0.4, -0.2) is 65.3 Å². The van der Waals surface area contributed by atoms with Crippen molar-refractivity contribution in [2.75, 3.05) is 32.7 Å². The molecular formula is C27H37N3O2S. The Labute approximate surface area is 202 Å². The van der Waals surface area contributed by atoms with Gasteiger partial charge in [-0.3, -0.25) is 14.5 Å². The molecule has 2 amide bonds. The molecule has 0 bridgehead atoms. The number of rotatable bonds is 4. The summed E-state index contributed by atoms with van der Waals surface area (Å²) in [5.41, 5.74) is 3.81. The van der Waals surface area contributed by atoms with Gasteiger partial charge in [0.05, 0.1) is 12.6 Å². The molecule has 1 aromatic heterocycles. The second kappa shape index (κ2) is 9.59. The molecule has 1 saturated heterocycles. The molecule has 3 heterocycles. The number of benzene rings is 1. The molecule has 1 aromatic carbocycles. The maximum Gasteiger partial charge on any atom is 0.236 e. The van der Waals surface area contributed by atoms with Gasteiger partial charge in [0.1, 0.15) is 0 Å². The predicted octanol–water partition coefficient (Wildman–Crippen LogP) is 4.50. The number of aryl methyl sites for hydroxylation is 1. The van der Waals surface area contributed by atoms with Gasteiger partial charge in [0.15, 0.2) is 0 Å². The number of nitrogens with zero attached hydrogens (tertiary/aromatic N) is 3. The molecule has 0 unspecified atom stereocenters. The summed E-state index contributed by atoms with van der Waals surface area (Å²) in [6.45, 7) is 13.6. The van der Waals surface area contributed by atoms with Crippen LogP contribution < -0.4 is 0 Å². The van der Waals surface area contributed by atoms with Gasteiger partial charge in [-0.2, -0.15) is 0 Å². The number of hydrogen-bond donors (Lipinski definition) is 0. The highest BCUT2D eigenvalue weighted by Gasteiger charge is 2.35. The summed E-state index contributed by atoms with van der Waals surface area (Å²) in [4.78, 5) is 33.8. The van der Waals surface area contributed by atoms with E-state index in [1.807, 2.05) is 21.1 Å². The molecule has 5 nitrogen and oxygen atoms in total. The van der Waals surface area contributed by atoms with Crippen LogP contribution >= 0.6 is 11.3 Å². The maximum absolute atomic E-state index is 13.4. The second-order valence-corrected chi connectivity index (χ2v) is 11.8. The predicted molar refractivity (Wildman–Crippen MR) is 134 cm³/mol. The molecule has 2 aliphatic rings. The molecule has 2 aliphatic heterocycles. The van der Waals surface area contributed by atoms with E-state index in [1.54, 1.807) is 0 Å². The van der Waals surface area contributed by atoms with E-state index < -0.39 is 0 Å². The first-order valence-electron chi connectivity index (χ1n) is 12.1. The lowest BCUT2D eigenvalue weighted by atomic mass is 9.91. The highest BCUT2D eigenvalue weighted by atomic mass is 32.1. The zero-order valence-electron chi connectivity index (χ0n) is 20.6. The largest absolute Gasteiger partial charge is 0.338 e. The van der Waals surface area contributed by atoms with Gasteiger partial charge in [0, 0.05) is 43.5 Å². The number of amides is 2. The average Bonchev–Trinajstić information content (AvgIpc) is 3.22. The summed E-state index contributed by atoms with van der Waals surface area (Å²) >= 11 is 1.82. The Hall–Kier alpha value is -2.18. The fourth-order valence-corrected chi connectivity index (χ4v) is 5.97. The van der Waals surface area contributed by atoms with Crippen LogP contribution in [-0.2, 0) is 16.0 Å². The van der Waals surface area contributed by atoms with Gasteiger partial charge in [-0.25, -0.2) is 0 Å². The van der Waals surface area contributed by atoms with Gasteiger partial charge in [0.2, 0.25) is 11.8 Å². The van der Waals surface area contributed by atoms with Crippen LogP contribution in [0.15, 0.2) is 35.7 Å². The molecular weight excluding hydrogens is 430 g/mol. The highest BCUT2D eigenvalue weighted by molar-refractivity contribution is 7.10. The summed E-state index contributed by atoms with van der Waals surface area (Å²) in [6.07, 6.45) is 1.54. The second-order valence-electron chi connectivity index (χ2n) is 10.8. The Morgan fingerprint density at radius 3 is 2.42 bits per heavy atom. The lowest BCUT2D eigenvalue weighted by molar-refractivity contribution is -0.144. The van der Waals surface area contributed by atoms with Crippen LogP contribution in [0.4, 0.5) is 0 Å². The van der Waals surface area contributed by atoms with E-state index in [2.05, 4.69) is 75.2 Å². The van der Waals surface area contributed by atoms with Gasteiger partial charge >= 0.3 is 0 Å². The normalized spacial score (nSPS) is 21.7. The Bertz CT molecular complexity index is 992. The van der Waals surface area contributed by atoms with E-state index in [0.717, 1.165) is 13.0 Å². The van der Waals surface area contributed by atoms with Crippen LogP contribution in [0.1, 0.15) is 61.7 Å². The van der Waals surface area contributed by atoms with Gasteiger partial charge in [0.25, 0.3) is 0 Å². The molecule has 0 aliphatic carbocycles. The Morgan fingerprint density at radius 1 is 1.03 bits per heavy atom. The number of piperazine rings is 1. The first kappa shape index (κ1) is 24.0. The summed E-state index contributed by atoms with van der Waals surface area (Å²) in [7, 11) is 0. The smallest absolute Gasteiger partial charge is 0.236 e. The Morgan fingerprint density at radius 2 is 1.76 bits per heavy atom. The van der Waals surface area contributed by atoms with Crippen molar-refractivity contribution in [3.63, 3.8) is 0 Å². The third-order valence-electron chi connectivity index (χ3n) is 6.78. The standard InChI is InChI=1S/C27H37N3O2S/c1-19-6-8-21(9-7-19)26-22-11-15-33-23(22)10-12-29(26)18-25(32)28-13-14-30(20(2)17-28)24(31)16-27(3,4)5/h6-9,11,15,20,26H,10,12-14,16-18H2,1-5H3/t20-,26+/m0/s1. The van der Waals surface area contributed by atoms with Crippen LogP contribution in [0, 0.1) is 12.3 Å². The van der Waals surface area contributed by atoms with Crippen LogP contribution in [0.5, 0.6) is 0 Å². The zero-order chi connectivity index (χ0) is 23.8. The minimum atomic E-state index is -0.0243. The van der Waals surface area contributed by atoms with E-state index in [-0.39, 0.29) is 29.3 Å². The summed E-state index contributed by atoms with van der Waals surface area (Å²) in [5.74, 6) is 0.364. The highest BCUT2D eigenvalue weighted by Crippen LogP contribution is 2.37. The summed E-state index contributed by atoms with van der Waals surface area (Å²) < 4.78 is 0. The average molecular weight is 468 g/mol. The monoisotopic (exact) mass is 467 g/mol. The first-order valence-corrected chi connectivity index (χ1v) is 12.9. The number of fused-ring (bicyclic) bond motifs is 1. The van der Waals surface area contributed by atoms with Crippen molar-refractivity contribution in [2.24, 2.45) is 5.41 Å². The van der Waals surface area contributed by atoms with Crippen molar-refractivity contribution in [1.82, 2.24) is 14.7 Å². The quantitative estimate of drug-likeness (QED) is 0.665. The molecule has 4 rings (SSSR count). The molecule has 33 heavy (non-hydrogen) atoms. The molecule has 6 heteroatoms. The van der Waals surface area contributed by atoms with Crippen molar-refractivity contribution in [1.29, 1.82) is 0 Å². The SMILES string of the molecule is Cc1ccc([C@@H]2c3ccsc3CCN2CC(=O)N2CCN(C(=O)CC(C)(C)C)[C@@H](C)C2)cc1. The van der Waals surface area contributed by atoms with E-state index in [0.29, 0.717) is 32.6 Å². The van der Waals surface area contributed by atoms with Gasteiger partial charge in [-0.15, -0.1) is 11.3 Å². The van der Waals surface area contributed by atoms with Gasteiger partial charge < -0.3 is 9.80 Å². The summed E-state index contributed by atoms with van der Waals surface area (Å²) in [6, 6.07) is 11.1. The van der Waals surface area contributed by atoms with Crippen molar-refractivity contribution in [3.8, 4) is 0 Å². The maximum atomic E-state index is 13.4. The summed E-state index contributed by atoms with van der Waals surface area (Å²) in [5, 5.41) is 2.17. The Kier molecular flexibility index (Phi) is 6.96. The van der Waals surface area contributed by atoms with Gasteiger partial charge in [-0.1, -0.05) is 50.6 Å². The lowest BCUT2D eigenvalue weighted by Crippen LogP contribution is -2.57. The zero-order valence-corrected chi connectivity index (χ0v) is 21.5.